The van der Waals surface area contributed by atoms with Gasteiger partial charge in [-0.25, -0.2) is 19.2 Å². The zero-order chi connectivity index (χ0) is 24.9. The maximum Gasteiger partial charge on any atom is 0.317 e. The molecule has 0 saturated carbocycles. The van der Waals surface area contributed by atoms with Gasteiger partial charge in [0.1, 0.15) is 22.9 Å². The summed E-state index contributed by atoms with van der Waals surface area (Å²) < 4.78 is 20.8. The highest BCUT2D eigenvalue weighted by atomic mass is 19.1. The van der Waals surface area contributed by atoms with Gasteiger partial charge in [0.25, 0.3) is 0 Å². The molecule has 1 fully saturated rings. The fraction of sp³-hybridized carbons (Fsp3) is 0.296. The van der Waals surface area contributed by atoms with E-state index >= 15 is 0 Å². The summed E-state index contributed by atoms with van der Waals surface area (Å²) >= 11 is 0. The predicted molar refractivity (Wildman–Crippen MR) is 136 cm³/mol. The van der Waals surface area contributed by atoms with Crippen LogP contribution in [0.4, 0.5) is 9.18 Å². The molecule has 5 rings (SSSR count). The number of nitrogens with zero attached hydrogens (tertiary/aromatic N) is 5. The second-order valence-electron chi connectivity index (χ2n) is 8.68. The molecule has 186 valence electrons. The van der Waals surface area contributed by atoms with Crippen LogP contribution in [0.3, 0.4) is 0 Å². The van der Waals surface area contributed by atoms with Crippen LogP contribution in [-0.2, 0) is 13.1 Å². The van der Waals surface area contributed by atoms with Crippen molar-refractivity contribution in [3.8, 4) is 11.4 Å². The monoisotopic (exact) mass is 488 g/mol. The molecule has 0 atom stereocenters. The first kappa shape index (κ1) is 23.7. The van der Waals surface area contributed by atoms with Gasteiger partial charge in [0.2, 0.25) is 0 Å². The van der Waals surface area contributed by atoms with Gasteiger partial charge in [-0.1, -0.05) is 12.1 Å². The van der Waals surface area contributed by atoms with E-state index in [1.54, 1.807) is 18.3 Å². The highest BCUT2D eigenvalue weighted by molar-refractivity contribution is 5.74. The lowest BCUT2D eigenvalue weighted by Crippen LogP contribution is -2.51. The number of imidazole rings is 1. The number of halogens is 1. The van der Waals surface area contributed by atoms with Gasteiger partial charge in [0, 0.05) is 44.6 Å². The Morgan fingerprint density at radius 2 is 1.78 bits per heavy atom. The van der Waals surface area contributed by atoms with E-state index in [2.05, 4.69) is 19.8 Å². The quantitative estimate of drug-likeness (QED) is 0.426. The highest BCUT2D eigenvalue weighted by Crippen LogP contribution is 2.23. The Morgan fingerprint density at radius 1 is 1.03 bits per heavy atom. The second kappa shape index (κ2) is 10.7. The van der Waals surface area contributed by atoms with Crippen LogP contribution in [-0.4, -0.2) is 63.2 Å². The van der Waals surface area contributed by atoms with Crippen LogP contribution in [0, 0.1) is 5.82 Å². The number of nitrogens with one attached hydrogen (secondary N) is 1. The zero-order valence-corrected chi connectivity index (χ0v) is 20.2. The Balaban J connectivity index is 1.24. The molecule has 8 nitrogen and oxygen atoms in total. The van der Waals surface area contributed by atoms with E-state index in [0.717, 1.165) is 47.1 Å². The van der Waals surface area contributed by atoms with Crippen LogP contribution in [0.15, 0.2) is 66.9 Å². The minimum absolute atomic E-state index is 0.107. The van der Waals surface area contributed by atoms with E-state index in [1.807, 2.05) is 48.2 Å². The molecule has 0 bridgehead atoms. The number of carbonyl (C=O) groups excluding carboxylic acids is 1. The lowest BCUT2D eigenvalue weighted by atomic mass is 10.2. The van der Waals surface area contributed by atoms with Gasteiger partial charge in [-0.3, -0.25) is 9.47 Å². The van der Waals surface area contributed by atoms with Crippen molar-refractivity contribution in [3.63, 3.8) is 0 Å². The van der Waals surface area contributed by atoms with Crippen LogP contribution in [0.25, 0.3) is 16.9 Å². The number of pyridine rings is 1. The molecule has 2 amide bonds. The van der Waals surface area contributed by atoms with Crippen LogP contribution in [0.2, 0.25) is 0 Å². The number of ether oxygens (including phenoxy) is 1. The maximum absolute atomic E-state index is 13.1. The molecule has 0 unspecified atom stereocenters. The van der Waals surface area contributed by atoms with Crippen molar-refractivity contribution in [2.75, 3.05) is 32.8 Å². The summed E-state index contributed by atoms with van der Waals surface area (Å²) in [4.78, 5) is 26.2. The minimum atomic E-state index is -0.284. The van der Waals surface area contributed by atoms with Gasteiger partial charge in [0.05, 0.1) is 13.2 Å². The van der Waals surface area contributed by atoms with Crippen LogP contribution < -0.4 is 10.1 Å². The molecule has 0 aliphatic carbocycles. The molecule has 3 heterocycles. The standard InChI is InChI=1S/C27H29FN6O2/c1-2-36-23-11-9-22(10-12-23)34-25(31-24-4-3-13-29-26(24)34)19-32-14-16-33(17-15-32)27(35)30-18-20-5-7-21(28)8-6-20/h3-13H,2,14-19H2,1H3,(H,30,35). The van der Waals surface area contributed by atoms with Crippen molar-refractivity contribution < 1.29 is 13.9 Å². The van der Waals surface area contributed by atoms with E-state index in [9.17, 15) is 9.18 Å². The number of fused-ring (bicyclic) bond motifs is 1. The molecule has 1 N–H and O–H groups in total. The molecule has 1 saturated heterocycles. The molecule has 36 heavy (non-hydrogen) atoms. The van der Waals surface area contributed by atoms with Crippen molar-refractivity contribution in [3.05, 3.63) is 84.1 Å². The summed E-state index contributed by atoms with van der Waals surface area (Å²) in [5.74, 6) is 1.45. The number of aromatic nitrogens is 3. The average Bonchev–Trinajstić information content (AvgIpc) is 3.27. The van der Waals surface area contributed by atoms with Crippen molar-refractivity contribution >= 4 is 17.2 Å². The van der Waals surface area contributed by atoms with Crippen LogP contribution in [0.1, 0.15) is 18.3 Å². The summed E-state index contributed by atoms with van der Waals surface area (Å²) in [6.07, 6.45) is 1.78. The summed E-state index contributed by atoms with van der Waals surface area (Å²) in [6.45, 7) is 6.33. The number of benzene rings is 2. The van der Waals surface area contributed by atoms with E-state index in [0.29, 0.717) is 32.8 Å². The summed E-state index contributed by atoms with van der Waals surface area (Å²) in [5, 5.41) is 2.93. The van der Waals surface area contributed by atoms with Gasteiger partial charge in [-0.2, -0.15) is 0 Å². The van der Waals surface area contributed by atoms with Gasteiger partial charge in [-0.15, -0.1) is 0 Å². The summed E-state index contributed by atoms with van der Waals surface area (Å²) in [5.41, 5.74) is 3.51. The minimum Gasteiger partial charge on any atom is -0.494 e. The van der Waals surface area contributed by atoms with Gasteiger partial charge < -0.3 is 15.0 Å². The topological polar surface area (TPSA) is 75.5 Å². The SMILES string of the molecule is CCOc1ccc(-n2c(CN3CCN(C(=O)NCc4ccc(F)cc4)CC3)nc3cccnc32)cc1. The second-order valence-corrected chi connectivity index (χ2v) is 8.68. The van der Waals surface area contributed by atoms with Crippen molar-refractivity contribution in [2.45, 2.75) is 20.0 Å². The van der Waals surface area contributed by atoms with Gasteiger partial charge >= 0.3 is 6.03 Å². The van der Waals surface area contributed by atoms with E-state index in [4.69, 9.17) is 9.72 Å². The Bertz CT molecular complexity index is 1310. The average molecular weight is 489 g/mol. The first-order chi connectivity index (χ1) is 17.6. The molecular formula is C27H29FN6O2. The summed E-state index contributed by atoms with van der Waals surface area (Å²) in [7, 11) is 0. The first-order valence-electron chi connectivity index (χ1n) is 12.2. The molecule has 1 aliphatic rings. The van der Waals surface area contributed by atoms with Gasteiger partial charge in [-0.05, 0) is 61.0 Å². The normalized spacial score (nSPS) is 14.2. The Morgan fingerprint density at radius 3 is 2.50 bits per heavy atom. The lowest BCUT2D eigenvalue weighted by molar-refractivity contribution is 0.133. The maximum atomic E-state index is 13.1. The van der Waals surface area contributed by atoms with E-state index in [1.165, 1.54) is 12.1 Å². The third-order valence-corrected chi connectivity index (χ3v) is 6.27. The third-order valence-electron chi connectivity index (χ3n) is 6.27. The fourth-order valence-corrected chi connectivity index (χ4v) is 4.40. The molecule has 1 aliphatic heterocycles. The van der Waals surface area contributed by atoms with Crippen LogP contribution >= 0.6 is 0 Å². The first-order valence-corrected chi connectivity index (χ1v) is 12.2. The van der Waals surface area contributed by atoms with E-state index < -0.39 is 0 Å². The van der Waals surface area contributed by atoms with Crippen molar-refractivity contribution in [1.29, 1.82) is 0 Å². The van der Waals surface area contributed by atoms with Crippen molar-refractivity contribution in [1.82, 2.24) is 29.7 Å². The number of hydrogen-bond acceptors (Lipinski definition) is 5. The fourth-order valence-electron chi connectivity index (χ4n) is 4.40. The van der Waals surface area contributed by atoms with Gasteiger partial charge in [0.15, 0.2) is 5.65 Å². The molecule has 2 aromatic carbocycles. The largest absolute Gasteiger partial charge is 0.494 e. The molecule has 2 aromatic heterocycles. The van der Waals surface area contributed by atoms with Crippen LogP contribution in [0.5, 0.6) is 5.75 Å². The number of piperazine rings is 1. The van der Waals surface area contributed by atoms with Crippen molar-refractivity contribution in [2.24, 2.45) is 0 Å². The van der Waals surface area contributed by atoms with E-state index in [-0.39, 0.29) is 11.8 Å². The highest BCUT2D eigenvalue weighted by Gasteiger charge is 2.23. The number of amides is 2. The molecule has 4 aromatic rings. The predicted octanol–water partition coefficient (Wildman–Crippen LogP) is 3.99. The Labute approximate surface area is 209 Å². The molecule has 9 heteroatoms. The number of hydrogen-bond donors (Lipinski definition) is 1. The number of carbonyl (C=O) groups is 1. The number of urea groups is 1. The lowest BCUT2D eigenvalue weighted by Gasteiger charge is -2.34. The molecule has 0 spiro atoms. The Hall–Kier alpha value is -3.98. The third kappa shape index (κ3) is 5.31. The number of rotatable bonds is 7. The molecule has 0 radical (unpaired) electrons. The zero-order valence-electron chi connectivity index (χ0n) is 20.2. The summed E-state index contributed by atoms with van der Waals surface area (Å²) in [6, 6.07) is 17.9. The smallest absolute Gasteiger partial charge is 0.317 e. The molecular weight excluding hydrogens is 459 g/mol. The Kier molecular flexibility index (Phi) is 7.08.